The Balaban J connectivity index is 0. The highest BCUT2D eigenvalue weighted by molar-refractivity contribution is 4.74. The van der Waals surface area contributed by atoms with Crippen LogP contribution in [0.3, 0.4) is 0 Å². The second-order valence-corrected chi connectivity index (χ2v) is 2.84. The van der Waals surface area contributed by atoms with Crippen molar-refractivity contribution < 1.29 is 20.4 Å². The molecular weight excluding hydrogens is 160 g/mol. The number of rotatable bonds is 4. The minimum absolute atomic E-state index is 0.406. The molecule has 76 valence electrons. The molecule has 0 radical (unpaired) electrons. The summed E-state index contributed by atoms with van der Waals surface area (Å²) in [5.74, 6) is 0. The van der Waals surface area contributed by atoms with Crippen molar-refractivity contribution in [3.8, 4) is 0 Å². The Kier molecular flexibility index (Phi) is 10.7. The summed E-state index contributed by atoms with van der Waals surface area (Å²) in [5.41, 5.74) is -1.11. The molecule has 4 nitrogen and oxygen atoms in total. The summed E-state index contributed by atoms with van der Waals surface area (Å²) in [4.78, 5) is 0. The normalized spacial score (nSPS) is 10.5. The van der Waals surface area contributed by atoms with E-state index >= 15 is 0 Å². The number of hydrogen-bond acceptors (Lipinski definition) is 4. The first-order chi connectivity index (χ1) is 5.66. The fourth-order valence-corrected chi connectivity index (χ4v) is 0.300. The zero-order chi connectivity index (χ0) is 10.0. The lowest BCUT2D eigenvalue weighted by molar-refractivity contribution is -0.0328. The van der Waals surface area contributed by atoms with Crippen LogP contribution < -0.4 is 0 Å². The van der Waals surface area contributed by atoms with Crippen LogP contribution in [0.1, 0.15) is 20.3 Å². The SMILES string of the molecule is CCC.OCC(CO)(CO)CO. The topological polar surface area (TPSA) is 80.9 Å². The fraction of sp³-hybridized carbons (Fsp3) is 1.00. The zero-order valence-corrected chi connectivity index (χ0v) is 7.82. The highest BCUT2D eigenvalue weighted by Crippen LogP contribution is 2.11. The molecule has 0 spiro atoms. The van der Waals surface area contributed by atoms with Crippen molar-refractivity contribution in [1.29, 1.82) is 0 Å². The van der Waals surface area contributed by atoms with Crippen LogP contribution in [0.2, 0.25) is 0 Å². The van der Waals surface area contributed by atoms with E-state index in [-0.39, 0.29) is 0 Å². The van der Waals surface area contributed by atoms with E-state index in [1.165, 1.54) is 6.42 Å². The largest absolute Gasteiger partial charge is 0.396 e. The smallest absolute Gasteiger partial charge is 0.0627 e. The third-order valence-corrected chi connectivity index (χ3v) is 1.34. The van der Waals surface area contributed by atoms with Gasteiger partial charge in [0.2, 0.25) is 0 Å². The molecule has 0 aliphatic rings. The summed E-state index contributed by atoms with van der Waals surface area (Å²) in [7, 11) is 0. The van der Waals surface area contributed by atoms with E-state index in [0.29, 0.717) is 0 Å². The molecule has 0 aromatic heterocycles. The molecular formula is C8H20O4. The van der Waals surface area contributed by atoms with Crippen LogP contribution in [0.15, 0.2) is 0 Å². The average molecular weight is 180 g/mol. The van der Waals surface area contributed by atoms with Gasteiger partial charge in [0.25, 0.3) is 0 Å². The van der Waals surface area contributed by atoms with Crippen molar-refractivity contribution in [2.75, 3.05) is 26.4 Å². The van der Waals surface area contributed by atoms with Crippen LogP contribution in [-0.2, 0) is 0 Å². The molecule has 0 amide bonds. The lowest BCUT2D eigenvalue weighted by Crippen LogP contribution is -2.37. The van der Waals surface area contributed by atoms with Crippen molar-refractivity contribution in [3.63, 3.8) is 0 Å². The Labute approximate surface area is 73.5 Å². The standard InChI is InChI=1S/C5H12O4.C3H8/c6-1-5(2-7,3-8)4-9;1-3-2/h6-9H,1-4H2;3H2,1-2H3. The molecule has 12 heavy (non-hydrogen) atoms. The van der Waals surface area contributed by atoms with Crippen molar-refractivity contribution in [2.45, 2.75) is 20.3 Å². The van der Waals surface area contributed by atoms with E-state index in [1.54, 1.807) is 0 Å². The molecule has 0 fully saturated rings. The first-order valence-electron chi connectivity index (χ1n) is 4.09. The van der Waals surface area contributed by atoms with Gasteiger partial charge < -0.3 is 20.4 Å². The maximum absolute atomic E-state index is 8.50. The van der Waals surface area contributed by atoms with Gasteiger partial charge in [-0.25, -0.2) is 0 Å². The highest BCUT2D eigenvalue weighted by Gasteiger charge is 2.26. The monoisotopic (exact) mass is 180 g/mol. The summed E-state index contributed by atoms with van der Waals surface area (Å²) in [5, 5.41) is 34.0. The molecule has 4 heteroatoms. The van der Waals surface area contributed by atoms with Gasteiger partial charge in [-0.05, 0) is 0 Å². The van der Waals surface area contributed by atoms with Crippen molar-refractivity contribution in [2.24, 2.45) is 5.41 Å². The summed E-state index contributed by atoms with van der Waals surface area (Å²) < 4.78 is 0. The van der Waals surface area contributed by atoms with E-state index in [1.807, 2.05) is 0 Å². The van der Waals surface area contributed by atoms with Gasteiger partial charge >= 0.3 is 0 Å². The number of aliphatic hydroxyl groups is 4. The molecule has 0 bridgehead atoms. The molecule has 0 atom stereocenters. The van der Waals surface area contributed by atoms with E-state index in [0.717, 1.165) is 0 Å². The van der Waals surface area contributed by atoms with Gasteiger partial charge in [0.15, 0.2) is 0 Å². The molecule has 0 saturated carbocycles. The third-order valence-electron chi connectivity index (χ3n) is 1.34. The van der Waals surface area contributed by atoms with E-state index in [4.69, 9.17) is 20.4 Å². The molecule has 0 saturated heterocycles. The molecule has 0 unspecified atom stereocenters. The maximum Gasteiger partial charge on any atom is 0.0627 e. The van der Waals surface area contributed by atoms with Gasteiger partial charge in [-0.15, -0.1) is 0 Å². The van der Waals surface area contributed by atoms with Gasteiger partial charge in [-0.3, -0.25) is 0 Å². The van der Waals surface area contributed by atoms with Gasteiger partial charge in [-0.2, -0.15) is 0 Å². The van der Waals surface area contributed by atoms with Gasteiger partial charge in [0.1, 0.15) is 0 Å². The van der Waals surface area contributed by atoms with Crippen molar-refractivity contribution >= 4 is 0 Å². The third kappa shape index (κ3) is 5.49. The Morgan fingerprint density at radius 1 is 0.750 bits per heavy atom. The lowest BCUT2D eigenvalue weighted by atomic mass is 9.93. The molecule has 0 aliphatic carbocycles. The molecule has 0 rings (SSSR count). The first-order valence-corrected chi connectivity index (χ1v) is 4.09. The molecule has 4 N–H and O–H groups in total. The molecule has 0 aliphatic heterocycles. The van der Waals surface area contributed by atoms with E-state index in [9.17, 15) is 0 Å². The Morgan fingerprint density at radius 3 is 0.917 bits per heavy atom. The van der Waals surface area contributed by atoms with Crippen LogP contribution in [0.25, 0.3) is 0 Å². The second-order valence-electron chi connectivity index (χ2n) is 2.84. The predicted octanol–water partition coefficient (Wildman–Crippen LogP) is -0.642. The van der Waals surface area contributed by atoms with Crippen LogP contribution in [0, 0.1) is 5.41 Å². The number of hydrogen-bond donors (Lipinski definition) is 4. The Bertz CT molecular complexity index is 63.6. The summed E-state index contributed by atoms with van der Waals surface area (Å²) in [6.45, 7) is 2.62. The van der Waals surface area contributed by atoms with Gasteiger partial charge in [-0.1, -0.05) is 20.3 Å². The van der Waals surface area contributed by atoms with Gasteiger partial charge in [0.05, 0.1) is 31.8 Å². The zero-order valence-electron chi connectivity index (χ0n) is 7.82. The van der Waals surface area contributed by atoms with Gasteiger partial charge in [0, 0.05) is 0 Å². The van der Waals surface area contributed by atoms with Crippen LogP contribution in [-0.4, -0.2) is 46.9 Å². The minimum atomic E-state index is -1.11. The van der Waals surface area contributed by atoms with Crippen LogP contribution >= 0.6 is 0 Å². The second kappa shape index (κ2) is 8.93. The molecule has 0 aromatic carbocycles. The minimum Gasteiger partial charge on any atom is -0.396 e. The fourth-order valence-electron chi connectivity index (χ4n) is 0.300. The van der Waals surface area contributed by atoms with Crippen LogP contribution in [0.4, 0.5) is 0 Å². The van der Waals surface area contributed by atoms with E-state index in [2.05, 4.69) is 13.8 Å². The van der Waals surface area contributed by atoms with Crippen LogP contribution in [0.5, 0.6) is 0 Å². The average Bonchev–Trinajstić information content (AvgIpc) is 2.11. The Hall–Kier alpha value is -0.160. The van der Waals surface area contributed by atoms with Crippen molar-refractivity contribution in [3.05, 3.63) is 0 Å². The summed E-state index contributed by atoms with van der Waals surface area (Å²) in [6.07, 6.45) is 1.25. The Morgan fingerprint density at radius 2 is 0.917 bits per heavy atom. The molecule has 0 heterocycles. The lowest BCUT2D eigenvalue weighted by Gasteiger charge is -2.23. The number of aliphatic hydroxyl groups excluding tert-OH is 4. The maximum atomic E-state index is 8.50. The quantitative estimate of drug-likeness (QED) is 0.464. The first kappa shape index (κ1) is 14.4. The highest BCUT2D eigenvalue weighted by atomic mass is 16.3. The van der Waals surface area contributed by atoms with E-state index < -0.39 is 31.8 Å². The summed E-state index contributed by atoms with van der Waals surface area (Å²) in [6, 6.07) is 0. The predicted molar refractivity (Wildman–Crippen MR) is 46.7 cm³/mol. The molecule has 0 aromatic rings. The summed E-state index contributed by atoms with van der Waals surface area (Å²) >= 11 is 0. The van der Waals surface area contributed by atoms with Crippen molar-refractivity contribution in [1.82, 2.24) is 0 Å².